The Morgan fingerprint density at radius 1 is 1.14 bits per heavy atom. The van der Waals surface area contributed by atoms with Gasteiger partial charge in [-0.3, -0.25) is 9.78 Å². The molecule has 2 aromatic rings. The molecular formula is C17H18Cl2N2O. The predicted octanol–water partition coefficient (Wildman–Crippen LogP) is 4.44. The molecule has 3 nitrogen and oxygen atoms in total. The van der Waals surface area contributed by atoms with Crippen molar-refractivity contribution in [3.63, 3.8) is 0 Å². The molecule has 1 atom stereocenters. The number of benzene rings is 1. The standard InChI is InChI=1S/C17H18Cl2N2O/c1-11(2)16(13-3-4-14(18)15(19)9-13)17(22)21-10-12-5-7-20-8-6-12/h3-9,11,16H,10H2,1-2H3,(H,21,22). The second-order valence-corrected chi connectivity index (χ2v) is 6.28. The Hall–Kier alpha value is -1.58. The van der Waals surface area contributed by atoms with Gasteiger partial charge in [0.1, 0.15) is 0 Å². The van der Waals surface area contributed by atoms with Crippen LogP contribution in [0.5, 0.6) is 0 Å². The van der Waals surface area contributed by atoms with Crippen LogP contribution in [0.1, 0.15) is 30.9 Å². The van der Waals surface area contributed by atoms with E-state index in [9.17, 15) is 4.79 Å². The van der Waals surface area contributed by atoms with Gasteiger partial charge in [0.05, 0.1) is 16.0 Å². The zero-order valence-electron chi connectivity index (χ0n) is 12.5. The quantitative estimate of drug-likeness (QED) is 0.876. The lowest BCUT2D eigenvalue weighted by molar-refractivity contribution is -0.123. The number of carbonyl (C=O) groups excluding carboxylic acids is 1. The molecule has 1 N–H and O–H groups in total. The number of nitrogens with zero attached hydrogens (tertiary/aromatic N) is 1. The summed E-state index contributed by atoms with van der Waals surface area (Å²) >= 11 is 12.0. The average Bonchev–Trinajstić information content (AvgIpc) is 2.50. The summed E-state index contributed by atoms with van der Waals surface area (Å²) in [5.41, 5.74) is 1.89. The lowest BCUT2D eigenvalue weighted by Crippen LogP contribution is -2.31. The molecule has 116 valence electrons. The van der Waals surface area contributed by atoms with Gasteiger partial charge in [-0.2, -0.15) is 0 Å². The van der Waals surface area contributed by atoms with Gasteiger partial charge in [0.2, 0.25) is 5.91 Å². The molecule has 0 radical (unpaired) electrons. The third-order valence-corrected chi connectivity index (χ3v) is 4.21. The van der Waals surface area contributed by atoms with Crippen molar-refractivity contribution in [1.29, 1.82) is 0 Å². The summed E-state index contributed by atoms with van der Waals surface area (Å²) in [6.07, 6.45) is 3.42. The smallest absolute Gasteiger partial charge is 0.228 e. The first-order chi connectivity index (χ1) is 10.5. The normalized spacial score (nSPS) is 12.2. The fraction of sp³-hybridized carbons (Fsp3) is 0.294. The molecule has 0 saturated heterocycles. The van der Waals surface area contributed by atoms with Crippen LogP contribution in [0.3, 0.4) is 0 Å². The molecule has 0 fully saturated rings. The fourth-order valence-electron chi connectivity index (χ4n) is 2.34. The summed E-state index contributed by atoms with van der Waals surface area (Å²) in [7, 11) is 0. The van der Waals surface area contributed by atoms with Crippen LogP contribution in [0.2, 0.25) is 10.0 Å². The van der Waals surface area contributed by atoms with Gasteiger partial charge in [-0.25, -0.2) is 0 Å². The van der Waals surface area contributed by atoms with Crippen LogP contribution in [0.4, 0.5) is 0 Å². The third kappa shape index (κ3) is 4.21. The molecule has 0 aliphatic heterocycles. The topological polar surface area (TPSA) is 42.0 Å². The first-order valence-electron chi connectivity index (χ1n) is 7.10. The Bertz CT molecular complexity index is 644. The van der Waals surface area contributed by atoms with Crippen molar-refractivity contribution in [1.82, 2.24) is 10.3 Å². The van der Waals surface area contributed by atoms with E-state index in [-0.39, 0.29) is 17.7 Å². The highest BCUT2D eigenvalue weighted by molar-refractivity contribution is 6.42. The van der Waals surface area contributed by atoms with E-state index in [4.69, 9.17) is 23.2 Å². The molecule has 1 aromatic carbocycles. The average molecular weight is 337 g/mol. The minimum absolute atomic E-state index is 0.0230. The van der Waals surface area contributed by atoms with Crippen molar-refractivity contribution in [3.8, 4) is 0 Å². The summed E-state index contributed by atoms with van der Waals surface area (Å²) in [5.74, 6) is -0.142. The van der Waals surface area contributed by atoms with Gasteiger partial charge in [-0.1, -0.05) is 43.1 Å². The van der Waals surface area contributed by atoms with Crippen LogP contribution < -0.4 is 5.32 Å². The number of halogens is 2. The zero-order valence-corrected chi connectivity index (χ0v) is 14.0. The zero-order chi connectivity index (χ0) is 16.1. The minimum atomic E-state index is -0.267. The molecule has 1 aromatic heterocycles. The second-order valence-electron chi connectivity index (χ2n) is 5.47. The number of aromatic nitrogens is 1. The van der Waals surface area contributed by atoms with Crippen LogP contribution in [0, 0.1) is 5.92 Å². The maximum absolute atomic E-state index is 12.6. The van der Waals surface area contributed by atoms with Gasteiger partial charge >= 0.3 is 0 Å². The highest BCUT2D eigenvalue weighted by Gasteiger charge is 2.24. The summed E-state index contributed by atoms with van der Waals surface area (Å²) in [6, 6.07) is 9.10. The van der Waals surface area contributed by atoms with Crippen molar-refractivity contribution >= 4 is 29.1 Å². The van der Waals surface area contributed by atoms with Crippen molar-refractivity contribution in [2.75, 3.05) is 0 Å². The molecule has 22 heavy (non-hydrogen) atoms. The van der Waals surface area contributed by atoms with Crippen molar-refractivity contribution in [3.05, 3.63) is 63.9 Å². The Labute approximate surface area is 140 Å². The first kappa shape index (κ1) is 16.8. The SMILES string of the molecule is CC(C)C(C(=O)NCc1ccncc1)c1ccc(Cl)c(Cl)c1. The van der Waals surface area contributed by atoms with Crippen molar-refractivity contribution < 1.29 is 4.79 Å². The van der Waals surface area contributed by atoms with Gasteiger partial charge in [0.25, 0.3) is 0 Å². The van der Waals surface area contributed by atoms with E-state index < -0.39 is 0 Å². The van der Waals surface area contributed by atoms with E-state index in [0.717, 1.165) is 11.1 Å². The highest BCUT2D eigenvalue weighted by atomic mass is 35.5. The maximum atomic E-state index is 12.6. The Balaban J connectivity index is 2.13. The lowest BCUT2D eigenvalue weighted by Gasteiger charge is -2.21. The van der Waals surface area contributed by atoms with E-state index in [2.05, 4.69) is 10.3 Å². The lowest BCUT2D eigenvalue weighted by atomic mass is 9.87. The van der Waals surface area contributed by atoms with Gasteiger partial charge in [0, 0.05) is 18.9 Å². The van der Waals surface area contributed by atoms with Crippen LogP contribution in [-0.4, -0.2) is 10.9 Å². The van der Waals surface area contributed by atoms with Crippen LogP contribution >= 0.6 is 23.2 Å². The van der Waals surface area contributed by atoms with E-state index in [0.29, 0.717) is 16.6 Å². The molecule has 5 heteroatoms. The first-order valence-corrected chi connectivity index (χ1v) is 7.86. The number of carbonyl (C=O) groups is 1. The second kappa shape index (κ2) is 7.61. The minimum Gasteiger partial charge on any atom is -0.351 e. The van der Waals surface area contributed by atoms with Crippen molar-refractivity contribution in [2.45, 2.75) is 26.3 Å². The van der Waals surface area contributed by atoms with E-state index >= 15 is 0 Å². The van der Waals surface area contributed by atoms with E-state index in [1.54, 1.807) is 24.5 Å². The number of hydrogen-bond acceptors (Lipinski definition) is 2. The molecule has 0 aliphatic carbocycles. The molecule has 0 saturated carbocycles. The maximum Gasteiger partial charge on any atom is 0.228 e. The summed E-state index contributed by atoms with van der Waals surface area (Å²) < 4.78 is 0. The Morgan fingerprint density at radius 3 is 2.41 bits per heavy atom. The number of pyridine rings is 1. The fourth-order valence-corrected chi connectivity index (χ4v) is 2.65. The molecule has 1 amide bonds. The molecule has 1 unspecified atom stereocenters. The predicted molar refractivity (Wildman–Crippen MR) is 90.1 cm³/mol. The summed E-state index contributed by atoms with van der Waals surface area (Å²) in [5, 5.41) is 3.93. The number of nitrogens with one attached hydrogen (secondary N) is 1. The van der Waals surface area contributed by atoms with Gasteiger partial charge in [-0.05, 0) is 41.3 Å². The summed E-state index contributed by atoms with van der Waals surface area (Å²) in [6.45, 7) is 4.50. The van der Waals surface area contributed by atoms with Crippen molar-refractivity contribution in [2.24, 2.45) is 5.92 Å². The number of hydrogen-bond donors (Lipinski definition) is 1. The highest BCUT2D eigenvalue weighted by Crippen LogP contribution is 2.30. The molecule has 2 rings (SSSR count). The molecule has 1 heterocycles. The van der Waals surface area contributed by atoms with Gasteiger partial charge in [-0.15, -0.1) is 0 Å². The monoisotopic (exact) mass is 336 g/mol. The molecule has 0 spiro atoms. The summed E-state index contributed by atoms with van der Waals surface area (Å²) in [4.78, 5) is 16.5. The molecular weight excluding hydrogens is 319 g/mol. The Morgan fingerprint density at radius 2 is 1.82 bits per heavy atom. The third-order valence-electron chi connectivity index (χ3n) is 3.47. The number of rotatable bonds is 5. The number of amides is 1. The van der Waals surface area contributed by atoms with E-state index in [1.165, 1.54) is 0 Å². The Kier molecular flexibility index (Phi) is 5.81. The van der Waals surface area contributed by atoms with Crippen LogP contribution in [0.25, 0.3) is 0 Å². The van der Waals surface area contributed by atoms with E-state index in [1.807, 2.05) is 32.0 Å². The molecule has 0 aliphatic rings. The van der Waals surface area contributed by atoms with Gasteiger partial charge in [0.15, 0.2) is 0 Å². The van der Waals surface area contributed by atoms with Crippen LogP contribution in [0.15, 0.2) is 42.7 Å². The largest absolute Gasteiger partial charge is 0.351 e. The molecule has 0 bridgehead atoms. The van der Waals surface area contributed by atoms with Crippen LogP contribution in [-0.2, 0) is 11.3 Å². The van der Waals surface area contributed by atoms with Gasteiger partial charge < -0.3 is 5.32 Å².